The van der Waals surface area contributed by atoms with Gasteiger partial charge in [0.1, 0.15) is 12.0 Å². The summed E-state index contributed by atoms with van der Waals surface area (Å²) in [6.07, 6.45) is 5.80. The SMILES string of the molecule is Nc1nc(-c2c[nH]c3ncncc23)ncc1F. The normalized spacial score (nSPS) is 10.9. The molecule has 6 nitrogen and oxygen atoms in total. The molecule has 0 bridgehead atoms. The minimum absolute atomic E-state index is 0.179. The monoisotopic (exact) mass is 230 g/mol. The van der Waals surface area contributed by atoms with E-state index >= 15 is 0 Å². The maximum Gasteiger partial charge on any atom is 0.183 e. The van der Waals surface area contributed by atoms with Crippen LogP contribution >= 0.6 is 0 Å². The smallest absolute Gasteiger partial charge is 0.183 e. The van der Waals surface area contributed by atoms with Gasteiger partial charge in [-0.15, -0.1) is 0 Å². The van der Waals surface area contributed by atoms with Gasteiger partial charge in [0.15, 0.2) is 17.5 Å². The lowest BCUT2D eigenvalue weighted by atomic mass is 10.2. The summed E-state index contributed by atoms with van der Waals surface area (Å²) in [5, 5.41) is 0.763. The predicted octanol–water partition coefficient (Wildman–Crippen LogP) is 1.14. The van der Waals surface area contributed by atoms with Crippen LogP contribution in [0.15, 0.2) is 24.9 Å². The van der Waals surface area contributed by atoms with E-state index in [1.807, 2.05) is 0 Å². The Labute approximate surface area is 94.8 Å². The number of aromatic nitrogens is 5. The molecule has 0 saturated heterocycles. The lowest BCUT2D eigenvalue weighted by Gasteiger charge is -1.99. The Morgan fingerprint density at radius 2 is 2.12 bits per heavy atom. The van der Waals surface area contributed by atoms with Gasteiger partial charge >= 0.3 is 0 Å². The van der Waals surface area contributed by atoms with E-state index in [1.165, 1.54) is 6.33 Å². The summed E-state index contributed by atoms with van der Waals surface area (Å²) < 4.78 is 13.0. The summed E-state index contributed by atoms with van der Waals surface area (Å²) in [5.41, 5.74) is 6.76. The zero-order valence-electron chi connectivity index (χ0n) is 8.55. The van der Waals surface area contributed by atoms with E-state index in [-0.39, 0.29) is 5.82 Å². The van der Waals surface area contributed by atoms with Crippen molar-refractivity contribution in [3.05, 3.63) is 30.7 Å². The molecule has 0 radical (unpaired) electrons. The lowest BCUT2D eigenvalue weighted by Crippen LogP contribution is -1.98. The molecule has 0 fully saturated rings. The Hall–Kier alpha value is -2.57. The van der Waals surface area contributed by atoms with E-state index in [0.29, 0.717) is 17.0 Å². The van der Waals surface area contributed by atoms with Crippen molar-refractivity contribution in [2.24, 2.45) is 0 Å². The first-order chi connectivity index (χ1) is 8.25. The summed E-state index contributed by atoms with van der Waals surface area (Å²) >= 11 is 0. The van der Waals surface area contributed by atoms with Crippen LogP contribution in [0.3, 0.4) is 0 Å². The zero-order chi connectivity index (χ0) is 11.8. The molecule has 7 heteroatoms. The Kier molecular flexibility index (Phi) is 1.97. The van der Waals surface area contributed by atoms with Crippen molar-refractivity contribution in [2.75, 3.05) is 5.73 Å². The second-order valence-corrected chi connectivity index (χ2v) is 3.41. The predicted molar refractivity (Wildman–Crippen MR) is 59.3 cm³/mol. The van der Waals surface area contributed by atoms with Crippen LogP contribution in [0.2, 0.25) is 0 Å². The van der Waals surface area contributed by atoms with Crippen molar-refractivity contribution in [1.29, 1.82) is 0 Å². The third-order valence-corrected chi connectivity index (χ3v) is 2.37. The molecule has 17 heavy (non-hydrogen) atoms. The van der Waals surface area contributed by atoms with E-state index in [2.05, 4.69) is 24.9 Å². The highest BCUT2D eigenvalue weighted by Crippen LogP contribution is 2.24. The molecule has 0 spiro atoms. The Bertz CT molecular complexity index is 692. The molecule has 0 atom stereocenters. The van der Waals surface area contributed by atoms with Crippen LogP contribution in [0.1, 0.15) is 0 Å². The standard InChI is InChI=1S/C10H7FN6/c11-7-3-15-10(17-8(7)12)6-2-14-9-5(6)1-13-4-16-9/h1-4H,(H2,12,15,17)(H,13,14,16). The number of fused-ring (bicyclic) bond motifs is 1. The molecular formula is C10H7FN6. The first-order valence-corrected chi connectivity index (χ1v) is 4.81. The van der Waals surface area contributed by atoms with E-state index < -0.39 is 5.82 Å². The van der Waals surface area contributed by atoms with Crippen molar-refractivity contribution in [2.45, 2.75) is 0 Å². The highest BCUT2D eigenvalue weighted by Gasteiger charge is 2.11. The molecule has 84 valence electrons. The molecule has 0 aromatic carbocycles. The fraction of sp³-hybridized carbons (Fsp3) is 0. The fourth-order valence-corrected chi connectivity index (χ4v) is 1.56. The molecule has 0 unspecified atom stereocenters. The second kappa shape index (κ2) is 3.48. The van der Waals surface area contributed by atoms with Crippen LogP contribution in [0.5, 0.6) is 0 Å². The van der Waals surface area contributed by atoms with Gasteiger partial charge in [-0.1, -0.05) is 0 Å². The largest absolute Gasteiger partial charge is 0.381 e. The van der Waals surface area contributed by atoms with Crippen molar-refractivity contribution in [3.63, 3.8) is 0 Å². The van der Waals surface area contributed by atoms with Crippen LogP contribution in [0, 0.1) is 5.82 Å². The molecule has 0 aliphatic rings. The molecular weight excluding hydrogens is 223 g/mol. The number of H-pyrrole nitrogens is 1. The molecule has 3 aromatic heterocycles. The summed E-state index contributed by atoms with van der Waals surface area (Å²) in [7, 11) is 0. The fourth-order valence-electron chi connectivity index (χ4n) is 1.56. The second-order valence-electron chi connectivity index (χ2n) is 3.41. The number of rotatable bonds is 1. The quantitative estimate of drug-likeness (QED) is 0.653. The summed E-state index contributed by atoms with van der Waals surface area (Å²) in [6, 6.07) is 0. The number of nitrogens with zero attached hydrogens (tertiary/aromatic N) is 4. The minimum atomic E-state index is -0.634. The first kappa shape index (κ1) is 9.64. The van der Waals surface area contributed by atoms with Gasteiger partial charge in [-0.3, -0.25) is 0 Å². The van der Waals surface area contributed by atoms with Crippen LogP contribution in [-0.4, -0.2) is 24.9 Å². The molecule has 3 heterocycles. The average Bonchev–Trinajstić information content (AvgIpc) is 2.76. The average molecular weight is 230 g/mol. The Morgan fingerprint density at radius 1 is 1.24 bits per heavy atom. The maximum atomic E-state index is 13.0. The number of hydrogen-bond acceptors (Lipinski definition) is 5. The molecule has 0 amide bonds. The number of hydrogen-bond donors (Lipinski definition) is 2. The zero-order valence-corrected chi connectivity index (χ0v) is 8.55. The van der Waals surface area contributed by atoms with Crippen molar-refractivity contribution >= 4 is 16.9 Å². The van der Waals surface area contributed by atoms with Crippen LogP contribution < -0.4 is 5.73 Å². The number of halogens is 1. The van der Waals surface area contributed by atoms with Crippen molar-refractivity contribution in [1.82, 2.24) is 24.9 Å². The van der Waals surface area contributed by atoms with Crippen LogP contribution in [0.4, 0.5) is 10.2 Å². The summed E-state index contributed by atoms with van der Waals surface area (Å²) in [6.45, 7) is 0. The number of nitrogen functional groups attached to an aromatic ring is 1. The van der Waals surface area contributed by atoms with E-state index in [9.17, 15) is 4.39 Å². The minimum Gasteiger partial charge on any atom is -0.381 e. The topological polar surface area (TPSA) is 93.4 Å². The highest BCUT2D eigenvalue weighted by molar-refractivity contribution is 5.90. The maximum absolute atomic E-state index is 13.0. The third kappa shape index (κ3) is 1.48. The van der Waals surface area contributed by atoms with Gasteiger partial charge in [0.05, 0.1) is 6.20 Å². The van der Waals surface area contributed by atoms with Gasteiger partial charge in [0.2, 0.25) is 0 Å². The number of nitrogens with two attached hydrogens (primary N) is 1. The Balaban J connectivity index is 2.24. The Morgan fingerprint density at radius 3 is 2.94 bits per heavy atom. The number of aromatic amines is 1. The van der Waals surface area contributed by atoms with Gasteiger partial charge in [-0.05, 0) is 0 Å². The molecule has 3 N–H and O–H groups in total. The van der Waals surface area contributed by atoms with Gasteiger partial charge in [0.25, 0.3) is 0 Å². The lowest BCUT2D eigenvalue weighted by molar-refractivity contribution is 0.620. The van der Waals surface area contributed by atoms with Gasteiger partial charge in [-0.25, -0.2) is 24.3 Å². The summed E-state index contributed by atoms with van der Waals surface area (Å²) in [5.74, 6) is -0.476. The van der Waals surface area contributed by atoms with Crippen molar-refractivity contribution in [3.8, 4) is 11.4 Å². The third-order valence-electron chi connectivity index (χ3n) is 2.37. The molecule has 3 aromatic rings. The van der Waals surface area contributed by atoms with E-state index in [1.54, 1.807) is 12.4 Å². The summed E-state index contributed by atoms with van der Waals surface area (Å²) in [4.78, 5) is 18.7. The highest BCUT2D eigenvalue weighted by atomic mass is 19.1. The molecule has 0 saturated carbocycles. The molecule has 0 aliphatic carbocycles. The van der Waals surface area contributed by atoms with Crippen LogP contribution in [0.25, 0.3) is 22.4 Å². The number of nitrogens with one attached hydrogen (secondary N) is 1. The van der Waals surface area contributed by atoms with Gasteiger partial charge < -0.3 is 10.7 Å². The van der Waals surface area contributed by atoms with E-state index in [4.69, 9.17) is 5.73 Å². The first-order valence-electron chi connectivity index (χ1n) is 4.81. The van der Waals surface area contributed by atoms with Gasteiger partial charge in [0, 0.05) is 23.3 Å². The molecule has 3 rings (SSSR count). The van der Waals surface area contributed by atoms with E-state index in [0.717, 1.165) is 11.6 Å². The van der Waals surface area contributed by atoms with Crippen molar-refractivity contribution < 1.29 is 4.39 Å². The van der Waals surface area contributed by atoms with Gasteiger partial charge in [-0.2, -0.15) is 0 Å². The van der Waals surface area contributed by atoms with Crippen LogP contribution in [-0.2, 0) is 0 Å². The number of anilines is 1. The molecule has 0 aliphatic heterocycles.